The van der Waals surface area contributed by atoms with Crippen molar-refractivity contribution in [3.8, 4) is 5.69 Å². The Morgan fingerprint density at radius 3 is 0.541 bits per heavy atom. The average molecular weight is 2100 g/mol. The molecule has 0 spiro atoms. The summed E-state index contributed by atoms with van der Waals surface area (Å²) in [7, 11) is -15.5. The molecule has 0 atom stereocenters. The first-order valence-electron chi connectivity index (χ1n) is 37.0. The third kappa shape index (κ3) is 19.5. The Hall–Kier alpha value is -7.40. The summed E-state index contributed by atoms with van der Waals surface area (Å²) < 4.78 is 741. The zero-order chi connectivity index (χ0) is 104. The van der Waals surface area contributed by atoms with Gasteiger partial charge in [0.05, 0.1) is 39.3 Å². The first kappa shape index (κ1) is 116. The molecule has 2 nitrogen and oxygen atoms in total. The smallest absolute Gasteiger partial charge is 0.239 e. The lowest BCUT2D eigenvalue weighted by Crippen LogP contribution is -2.75. The molecular formula is C74H67BF52N2Si4. The number of alkyl halides is 52. The van der Waals surface area contributed by atoms with Gasteiger partial charge in [-0.05, 0) is 36.3 Å². The number of benzene rings is 5. The van der Waals surface area contributed by atoms with Gasteiger partial charge in [-0.2, -0.15) is 250 Å². The van der Waals surface area contributed by atoms with E-state index in [1.807, 2.05) is 48.5 Å². The third-order valence-electron chi connectivity index (χ3n) is 22.8. The van der Waals surface area contributed by atoms with Crippen LogP contribution in [0.4, 0.5) is 228 Å². The van der Waals surface area contributed by atoms with Gasteiger partial charge in [0, 0.05) is 25.7 Å². The Bertz CT molecular complexity index is 4390. The lowest BCUT2D eigenvalue weighted by Gasteiger charge is -2.45. The van der Waals surface area contributed by atoms with E-state index >= 15 is 35.1 Å². The summed E-state index contributed by atoms with van der Waals surface area (Å²) in [6, 6.07) is 15.7. The van der Waals surface area contributed by atoms with Gasteiger partial charge in [-0.1, -0.05) is 188 Å². The molecule has 133 heavy (non-hydrogen) atoms. The molecule has 0 aliphatic carbocycles. The Balaban J connectivity index is 0.00000238. The van der Waals surface area contributed by atoms with E-state index in [1.165, 1.54) is 5.69 Å². The standard InChI is InChI=1S/C64H56BF52Si4.C10H11N2/c1-118(2,29-25-41(66,67)45(74,75)49(82,83)53(90,91)57(98,99)61(106,107)108)37-17-9-33(10-18-37)65(34-11-19-38(20-12-34)119(3,4)30-26-42(68,69)46(76,77)50(84,85)54(92,93)58(100,101)62(109,110)111,35-13-21-39(22-14-35)120(5,6)31-27-43(70,71)47(78,79)51(86,87)55(94,95)59(102,103)63(112,113)114)36-15-23-40(24-16-36)121(7,8)32-28-44(72,73)48(80,81)52(88,89)56(96,97)60(104,105)64(115,116)117;1-11-7-8-12(9-11)10-5-3-2-4-6-10/h9-24H,25-32H2,1-8H3;2-9H,1H3/q-1;+1. The Morgan fingerprint density at radius 1 is 0.226 bits per heavy atom. The Morgan fingerprint density at radius 2 is 0.391 bits per heavy atom. The monoisotopic (exact) mass is 2090 g/mol. The molecule has 0 radical (unpaired) electrons. The van der Waals surface area contributed by atoms with Gasteiger partial charge in [0.25, 0.3) is 0 Å². The van der Waals surface area contributed by atoms with Crippen LogP contribution in [0.25, 0.3) is 5.69 Å². The number of halogens is 52. The molecule has 1 aromatic heterocycles. The van der Waals surface area contributed by atoms with Crippen LogP contribution in [0.5, 0.6) is 0 Å². The van der Waals surface area contributed by atoms with Gasteiger partial charge in [0.15, 0.2) is 0 Å². The molecule has 6 rings (SSSR count). The highest BCUT2D eigenvalue weighted by Gasteiger charge is 2.95. The van der Waals surface area contributed by atoms with Crippen molar-refractivity contribution in [2.24, 2.45) is 7.05 Å². The first-order chi connectivity index (χ1) is 58.5. The highest BCUT2D eigenvalue weighted by atomic mass is 28.3. The summed E-state index contributed by atoms with van der Waals surface area (Å²) in [5.41, 5.74) is -0.816. The van der Waals surface area contributed by atoms with E-state index in [4.69, 9.17) is 0 Å². The van der Waals surface area contributed by atoms with Crippen molar-refractivity contribution >= 4 is 81.0 Å². The molecule has 0 amide bonds. The van der Waals surface area contributed by atoms with E-state index in [2.05, 4.69) is 16.7 Å². The van der Waals surface area contributed by atoms with Crippen molar-refractivity contribution in [3.63, 3.8) is 0 Å². The third-order valence-corrected chi connectivity index (χ3v) is 36.4. The fourth-order valence-corrected chi connectivity index (χ4v) is 22.7. The van der Waals surface area contributed by atoms with Gasteiger partial charge < -0.3 is 0 Å². The highest BCUT2D eigenvalue weighted by Crippen LogP contribution is 2.67. The SMILES string of the molecule is C[Si](C)(CCC(F)(F)C(F)(F)C(F)(F)C(F)(F)C(F)(F)C(F)(F)F)c1ccc([B-](c2ccc([Si](C)(C)CCC(F)(F)C(F)(F)C(F)(F)C(F)(F)C(F)(F)C(F)(F)F)cc2)(c2ccc([Si](C)(C)CCC(F)(F)C(F)(F)C(F)(F)C(F)(F)C(F)(F)C(F)(F)F)cc2)c2ccc([Si](C)(C)CCC(F)(F)C(F)(F)C(F)(F)C(F)(F)C(F)(F)C(F)(F)F)cc2)cc1.Cn1cc[n+](-c2ccccc2)c1. The molecule has 0 unspecified atom stereocenters. The molecule has 0 fully saturated rings. The van der Waals surface area contributed by atoms with Crippen molar-refractivity contribution in [2.75, 3.05) is 0 Å². The molecule has 6 aromatic rings. The summed E-state index contributed by atoms with van der Waals surface area (Å²) in [4.78, 5) is 0. The van der Waals surface area contributed by atoms with E-state index in [-0.39, 0.29) is 0 Å². The maximum atomic E-state index is 15.4. The van der Waals surface area contributed by atoms with E-state index in [9.17, 15) is 193 Å². The molecule has 0 aliphatic rings. The van der Waals surface area contributed by atoms with Crippen LogP contribution < -0.4 is 47.2 Å². The molecule has 0 saturated carbocycles. The summed E-state index contributed by atoms with van der Waals surface area (Å²) in [5.74, 6) is -158. The summed E-state index contributed by atoms with van der Waals surface area (Å²) >= 11 is 0. The van der Waals surface area contributed by atoms with Gasteiger partial charge in [0.1, 0.15) is 24.2 Å². The second-order valence-corrected chi connectivity index (χ2v) is 53.1. The van der Waals surface area contributed by atoms with Crippen LogP contribution in [0.3, 0.4) is 0 Å². The van der Waals surface area contributed by atoms with Crippen LogP contribution in [0.15, 0.2) is 146 Å². The summed E-state index contributed by atoms with van der Waals surface area (Å²) in [6.45, 7) is 6.53. The highest BCUT2D eigenvalue weighted by molar-refractivity contribution is 7.20. The van der Waals surface area contributed by atoms with Crippen molar-refractivity contribution in [1.82, 2.24) is 4.57 Å². The lowest BCUT2D eigenvalue weighted by atomic mass is 9.13. The molecule has 0 saturated heterocycles. The van der Waals surface area contributed by atoms with Crippen molar-refractivity contribution in [1.29, 1.82) is 0 Å². The minimum absolute atomic E-state index is 0.483. The second-order valence-electron chi connectivity index (χ2n) is 33.7. The van der Waals surface area contributed by atoms with E-state index in [1.54, 1.807) is 0 Å². The first-order valence-corrected chi connectivity index (χ1v) is 49.9. The number of para-hydroxylation sites is 1. The van der Waals surface area contributed by atoms with Crippen LogP contribution in [-0.2, 0) is 7.05 Å². The number of hydrogen-bond donors (Lipinski definition) is 0. The quantitative estimate of drug-likeness (QED) is 0.0209. The number of nitrogens with zero attached hydrogens (tertiary/aromatic N) is 2. The van der Waals surface area contributed by atoms with Gasteiger partial charge in [-0.3, -0.25) is 0 Å². The Labute approximate surface area is 720 Å². The number of aromatic nitrogens is 2. The minimum atomic E-state index is -8.39. The topological polar surface area (TPSA) is 8.81 Å². The molecule has 0 N–H and O–H groups in total. The van der Waals surface area contributed by atoms with Crippen molar-refractivity contribution in [2.45, 2.75) is 245 Å². The number of hydrogen-bond acceptors (Lipinski definition) is 0. The van der Waals surface area contributed by atoms with Gasteiger partial charge in [-0.15, -0.1) is 0 Å². The van der Waals surface area contributed by atoms with E-state index in [0.29, 0.717) is 0 Å². The molecule has 0 bridgehead atoms. The maximum Gasteiger partial charge on any atom is 0.460 e. The van der Waals surface area contributed by atoms with Crippen LogP contribution >= 0.6 is 0 Å². The number of imidazole rings is 1. The Kier molecular flexibility index (Phi) is 31.0. The van der Waals surface area contributed by atoms with Gasteiger partial charge in [0.2, 0.25) is 6.33 Å². The average Bonchev–Trinajstić information content (AvgIpc) is 1.15. The van der Waals surface area contributed by atoms with Crippen LogP contribution in [0.1, 0.15) is 25.7 Å². The molecular weight excluding hydrogens is 2030 g/mol. The molecule has 0 aliphatic heterocycles. The van der Waals surface area contributed by atoms with Crippen molar-refractivity contribution < 1.29 is 233 Å². The van der Waals surface area contributed by atoms with Crippen LogP contribution in [0, 0.1) is 0 Å². The number of rotatable bonds is 37. The second kappa shape index (κ2) is 35.5. The predicted molar refractivity (Wildman–Crippen MR) is 386 cm³/mol. The normalized spacial score (nSPS) is 15.5. The van der Waals surface area contributed by atoms with Gasteiger partial charge >= 0.3 is 143 Å². The lowest BCUT2D eigenvalue weighted by molar-refractivity contribution is -0.595. The van der Waals surface area contributed by atoms with E-state index < -0.39 is 274 Å². The fraction of sp³-hybridized carbons (Fsp3) is 0.554. The van der Waals surface area contributed by atoms with E-state index in [0.717, 1.165) is 149 Å². The zero-order valence-electron chi connectivity index (χ0n) is 68.1. The maximum absolute atomic E-state index is 15.4. The number of aryl methyl sites for hydroxylation is 1. The minimum Gasteiger partial charge on any atom is -0.239 e. The molecule has 1 heterocycles. The van der Waals surface area contributed by atoms with Crippen LogP contribution in [-0.4, -0.2) is 186 Å². The summed E-state index contributed by atoms with van der Waals surface area (Å²) in [6.07, 6.45) is -40.5. The molecule has 59 heteroatoms. The largest absolute Gasteiger partial charge is 0.460 e. The van der Waals surface area contributed by atoms with Crippen molar-refractivity contribution in [3.05, 3.63) is 146 Å². The van der Waals surface area contributed by atoms with Gasteiger partial charge in [-0.25, -0.2) is 9.13 Å². The summed E-state index contributed by atoms with van der Waals surface area (Å²) in [5, 5.41) is -1.93. The zero-order valence-corrected chi connectivity index (χ0v) is 72.1. The van der Waals surface area contributed by atoms with Crippen LogP contribution in [0.2, 0.25) is 76.6 Å². The molecule has 756 valence electrons. The fourth-order valence-electron chi connectivity index (χ4n) is 13.5. The molecule has 5 aromatic carbocycles. The predicted octanol–water partition coefficient (Wildman–Crippen LogP) is 24.5.